The van der Waals surface area contributed by atoms with Crippen molar-refractivity contribution in [1.29, 1.82) is 0 Å². The predicted octanol–water partition coefficient (Wildman–Crippen LogP) is 3.23. The molecule has 1 atom stereocenters. The Morgan fingerprint density at radius 1 is 1.24 bits per heavy atom. The molecular weight excluding hydrogens is 208 g/mol. The Morgan fingerprint density at radius 3 is 2.41 bits per heavy atom. The van der Waals surface area contributed by atoms with Crippen molar-refractivity contribution in [1.82, 2.24) is 9.80 Å². The highest BCUT2D eigenvalue weighted by Gasteiger charge is 2.22. The number of hydrogen-bond acceptors (Lipinski definition) is 2. The van der Waals surface area contributed by atoms with Crippen LogP contribution in [0.3, 0.4) is 0 Å². The van der Waals surface area contributed by atoms with Gasteiger partial charge in [-0.3, -0.25) is 0 Å². The molecule has 0 N–H and O–H groups in total. The first kappa shape index (κ1) is 15.0. The van der Waals surface area contributed by atoms with Crippen molar-refractivity contribution < 1.29 is 0 Å². The van der Waals surface area contributed by atoms with Gasteiger partial charge in [-0.2, -0.15) is 0 Å². The summed E-state index contributed by atoms with van der Waals surface area (Å²) in [6, 6.07) is 0.810. The molecule has 0 aromatic heterocycles. The van der Waals surface area contributed by atoms with Crippen LogP contribution >= 0.6 is 0 Å². The van der Waals surface area contributed by atoms with Gasteiger partial charge in [-0.1, -0.05) is 19.8 Å². The number of hydrogen-bond donors (Lipinski definition) is 0. The molecule has 0 saturated carbocycles. The minimum absolute atomic E-state index is 0.810. The Morgan fingerprint density at radius 2 is 1.88 bits per heavy atom. The smallest absolute Gasteiger partial charge is 0.00669 e. The van der Waals surface area contributed by atoms with Crippen LogP contribution in [0.4, 0.5) is 0 Å². The van der Waals surface area contributed by atoms with Gasteiger partial charge >= 0.3 is 0 Å². The molecule has 0 aromatic rings. The zero-order chi connectivity index (χ0) is 12.7. The Balaban J connectivity index is 2.16. The molecule has 1 fully saturated rings. The summed E-state index contributed by atoms with van der Waals surface area (Å²) in [7, 11) is 4.36. The van der Waals surface area contributed by atoms with Gasteiger partial charge in [0.25, 0.3) is 0 Å². The van der Waals surface area contributed by atoms with Crippen molar-refractivity contribution in [2.75, 3.05) is 33.7 Å². The Hall–Kier alpha value is -0.0800. The molecule has 1 rings (SSSR count). The maximum Gasteiger partial charge on any atom is 0.00669 e. The third-order valence-corrected chi connectivity index (χ3v) is 4.23. The van der Waals surface area contributed by atoms with E-state index in [0.29, 0.717) is 0 Å². The first-order valence-electron chi connectivity index (χ1n) is 7.52. The van der Waals surface area contributed by atoms with Crippen molar-refractivity contribution in [2.24, 2.45) is 5.92 Å². The normalized spacial score (nSPS) is 21.0. The van der Waals surface area contributed by atoms with Crippen LogP contribution in [0, 0.1) is 5.92 Å². The van der Waals surface area contributed by atoms with Crippen molar-refractivity contribution in [2.45, 2.75) is 58.4 Å². The van der Waals surface area contributed by atoms with E-state index in [1.54, 1.807) is 0 Å². The summed E-state index contributed by atoms with van der Waals surface area (Å²) >= 11 is 0. The Labute approximate surface area is 108 Å². The quantitative estimate of drug-likeness (QED) is 0.674. The fourth-order valence-electron chi connectivity index (χ4n) is 2.81. The second kappa shape index (κ2) is 8.10. The summed E-state index contributed by atoms with van der Waals surface area (Å²) in [5.41, 5.74) is 0. The molecule has 1 saturated heterocycles. The zero-order valence-corrected chi connectivity index (χ0v) is 12.4. The molecule has 2 nitrogen and oxygen atoms in total. The number of piperidine rings is 1. The number of likely N-dealkylation sites (tertiary alicyclic amines) is 1. The number of unbranched alkanes of at least 4 members (excludes halogenated alkanes) is 1. The zero-order valence-electron chi connectivity index (χ0n) is 12.4. The highest BCUT2D eigenvalue weighted by molar-refractivity contribution is 4.76. The van der Waals surface area contributed by atoms with Gasteiger partial charge in [-0.15, -0.1) is 0 Å². The van der Waals surface area contributed by atoms with Gasteiger partial charge in [0, 0.05) is 6.04 Å². The average Bonchev–Trinajstić information content (AvgIpc) is 2.34. The monoisotopic (exact) mass is 240 g/mol. The summed E-state index contributed by atoms with van der Waals surface area (Å²) in [4.78, 5) is 5.03. The second-order valence-corrected chi connectivity index (χ2v) is 6.06. The van der Waals surface area contributed by atoms with E-state index >= 15 is 0 Å². The highest BCUT2D eigenvalue weighted by atomic mass is 15.2. The van der Waals surface area contributed by atoms with Crippen LogP contribution < -0.4 is 0 Å². The van der Waals surface area contributed by atoms with Crippen LogP contribution in [-0.2, 0) is 0 Å². The first-order valence-corrected chi connectivity index (χ1v) is 7.52. The van der Waals surface area contributed by atoms with Crippen LogP contribution in [0.2, 0.25) is 0 Å². The first-order chi connectivity index (χ1) is 8.13. The van der Waals surface area contributed by atoms with E-state index in [1.807, 2.05) is 0 Å². The molecule has 0 bridgehead atoms. The standard InChI is InChI=1S/C15H32N2/c1-5-6-7-14(2)17-12-9-15(10-13-17)8-11-16(3)4/h14-15H,5-13H2,1-4H3. The molecule has 1 aliphatic rings. The molecule has 0 amide bonds. The Bertz CT molecular complexity index is 183. The lowest BCUT2D eigenvalue weighted by Gasteiger charge is -2.36. The third-order valence-electron chi connectivity index (χ3n) is 4.23. The summed E-state index contributed by atoms with van der Waals surface area (Å²) in [6.45, 7) is 8.64. The summed E-state index contributed by atoms with van der Waals surface area (Å²) in [5, 5.41) is 0. The summed E-state index contributed by atoms with van der Waals surface area (Å²) in [6.07, 6.45) is 8.35. The van der Waals surface area contributed by atoms with Crippen molar-refractivity contribution in [3.8, 4) is 0 Å². The fraction of sp³-hybridized carbons (Fsp3) is 1.00. The summed E-state index contributed by atoms with van der Waals surface area (Å²) < 4.78 is 0. The third kappa shape index (κ3) is 5.87. The second-order valence-electron chi connectivity index (χ2n) is 6.06. The topological polar surface area (TPSA) is 6.48 Å². The van der Waals surface area contributed by atoms with E-state index in [-0.39, 0.29) is 0 Å². The molecule has 0 spiro atoms. The maximum absolute atomic E-state index is 2.71. The lowest BCUT2D eigenvalue weighted by Crippen LogP contribution is -2.40. The molecule has 17 heavy (non-hydrogen) atoms. The molecule has 2 heteroatoms. The molecule has 1 aliphatic heterocycles. The van der Waals surface area contributed by atoms with E-state index in [2.05, 4.69) is 37.7 Å². The molecular formula is C15H32N2. The minimum Gasteiger partial charge on any atom is -0.309 e. The molecule has 0 radical (unpaired) electrons. The van der Waals surface area contributed by atoms with E-state index < -0.39 is 0 Å². The van der Waals surface area contributed by atoms with E-state index in [1.165, 1.54) is 58.2 Å². The van der Waals surface area contributed by atoms with Crippen LogP contribution in [0.25, 0.3) is 0 Å². The molecule has 0 aliphatic carbocycles. The highest BCUT2D eigenvalue weighted by Crippen LogP contribution is 2.23. The van der Waals surface area contributed by atoms with Gasteiger partial charge in [-0.05, 0) is 72.3 Å². The lowest BCUT2D eigenvalue weighted by atomic mass is 9.92. The molecule has 1 heterocycles. The van der Waals surface area contributed by atoms with Gasteiger partial charge in [0.1, 0.15) is 0 Å². The SMILES string of the molecule is CCCCC(C)N1CCC(CCN(C)C)CC1. The van der Waals surface area contributed by atoms with Crippen LogP contribution in [-0.4, -0.2) is 49.6 Å². The Kier molecular flexibility index (Phi) is 7.14. The molecule has 1 unspecified atom stereocenters. The van der Waals surface area contributed by atoms with E-state index in [9.17, 15) is 0 Å². The largest absolute Gasteiger partial charge is 0.309 e. The van der Waals surface area contributed by atoms with Gasteiger partial charge < -0.3 is 9.80 Å². The molecule has 0 aromatic carbocycles. The van der Waals surface area contributed by atoms with Crippen LogP contribution in [0.5, 0.6) is 0 Å². The van der Waals surface area contributed by atoms with Crippen molar-refractivity contribution in [3.63, 3.8) is 0 Å². The predicted molar refractivity (Wildman–Crippen MR) is 76.5 cm³/mol. The fourth-order valence-corrected chi connectivity index (χ4v) is 2.81. The van der Waals surface area contributed by atoms with Crippen molar-refractivity contribution >= 4 is 0 Å². The minimum atomic E-state index is 0.810. The molecule has 102 valence electrons. The van der Waals surface area contributed by atoms with Crippen molar-refractivity contribution in [3.05, 3.63) is 0 Å². The van der Waals surface area contributed by atoms with Gasteiger partial charge in [-0.25, -0.2) is 0 Å². The van der Waals surface area contributed by atoms with Crippen LogP contribution in [0.1, 0.15) is 52.4 Å². The summed E-state index contributed by atoms with van der Waals surface area (Å²) in [5.74, 6) is 0.979. The van der Waals surface area contributed by atoms with Gasteiger partial charge in [0.05, 0.1) is 0 Å². The number of nitrogens with zero attached hydrogens (tertiary/aromatic N) is 2. The lowest BCUT2D eigenvalue weighted by molar-refractivity contribution is 0.127. The van der Waals surface area contributed by atoms with E-state index in [4.69, 9.17) is 0 Å². The van der Waals surface area contributed by atoms with E-state index in [0.717, 1.165) is 12.0 Å². The van der Waals surface area contributed by atoms with Gasteiger partial charge in [0.15, 0.2) is 0 Å². The average molecular weight is 240 g/mol. The van der Waals surface area contributed by atoms with Gasteiger partial charge in [0.2, 0.25) is 0 Å². The maximum atomic E-state index is 2.71. The number of rotatable bonds is 7. The van der Waals surface area contributed by atoms with Crippen LogP contribution in [0.15, 0.2) is 0 Å².